The van der Waals surface area contributed by atoms with E-state index in [0.717, 1.165) is 5.69 Å². The van der Waals surface area contributed by atoms with E-state index >= 15 is 0 Å². The van der Waals surface area contributed by atoms with Crippen LogP contribution in [0.5, 0.6) is 0 Å². The first-order valence-electron chi connectivity index (χ1n) is 8.09. The summed E-state index contributed by atoms with van der Waals surface area (Å²) in [6.45, 7) is 0. The van der Waals surface area contributed by atoms with Crippen LogP contribution >= 0.6 is 0 Å². The second kappa shape index (κ2) is 7.14. The first-order valence-corrected chi connectivity index (χ1v) is 9.91. The third-order valence-electron chi connectivity index (χ3n) is 4.44. The molecule has 0 saturated carbocycles. The first kappa shape index (κ1) is 17.9. The Bertz CT molecular complexity index is 965. The molecule has 1 N–H and O–H groups in total. The molecular formula is C18H18N4O3S. The molecule has 1 saturated heterocycles. The number of rotatable bonds is 4. The molecule has 1 aliphatic heterocycles. The lowest BCUT2D eigenvalue weighted by Gasteiger charge is -2.25. The molecular weight excluding hydrogens is 352 g/mol. The zero-order valence-electron chi connectivity index (χ0n) is 14.2. The number of hydrogen-bond acceptors (Lipinski definition) is 6. The number of amides is 1. The minimum atomic E-state index is -2.96. The van der Waals surface area contributed by atoms with Crippen molar-refractivity contribution in [2.45, 2.75) is 12.5 Å². The van der Waals surface area contributed by atoms with Gasteiger partial charge in [-0.25, -0.2) is 13.4 Å². The summed E-state index contributed by atoms with van der Waals surface area (Å²) in [5.74, 6) is -0.0735. The Labute approximate surface area is 152 Å². The first-order chi connectivity index (χ1) is 12.4. The van der Waals surface area contributed by atoms with Crippen molar-refractivity contribution in [1.82, 2.24) is 4.98 Å². The van der Waals surface area contributed by atoms with Gasteiger partial charge in [-0.3, -0.25) is 4.79 Å². The Morgan fingerprint density at radius 3 is 2.69 bits per heavy atom. The molecule has 1 fully saturated rings. The fourth-order valence-corrected chi connectivity index (χ4v) is 4.67. The van der Waals surface area contributed by atoms with Crippen LogP contribution in [0, 0.1) is 11.3 Å². The van der Waals surface area contributed by atoms with Gasteiger partial charge in [-0.2, -0.15) is 5.26 Å². The zero-order chi connectivity index (χ0) is 18.7. The van der Waals surface area contributed by atoms with Gasteiger partial charge in [-0.15, -0.1) is 0 Å². The molecule has 2 aromatic rings. The number of benzene rings is 1. The van der Waals surface area contributed by atoms with E-state index in [2.05, 4.69) is 10.3 Å². The molecule has 1 unspecified atom stereocenters. The number of carbonyl (C=O) groups excluding carboxylic acids is 1. The van der Waals surface area contributed by atoms with Crippen LogP contribution in [0.25, 0.3) is 0 Å². The summed E-state index contributed by atoms with van der Waals surface area (Å²) in [5.41, 5.74) is 1.77. The highest BCUT2D eigenvalue weighted by atomic mass is 32.2. The Morgan fingerprint density at radius 2 is 2.08 bits per heavy atom. The molecule has 3 rings (SSSR count). The van der Waals surface area contributed by atoms with Gasteiger partial charge in [0.15, 0.2) is 9.84 Å². The van der Waals surface area contributed by atoms with Crippen LogP contribution in [-0.2, 0) is 9.84 Å². The Hall–Kier alpha value is -2.92. The topological polar surface area (TPSA) is 103 Å². The Kier molecular flexibility index (Phi) is 4.91. The largest absolute Gasteiger partial charge is 0.369 e. The maximum atomic E-state index is 12.3. The number of nitrogens with zero attached hydrogens (tertiary/aromatic N) is 3. The van der Waals surface area contributed by atoms with E-state index in [4.69, 9.17) is 5.26 Å². The van der Waals surface area contributed by atoms with Crippen molar-refractivity contribution < 1.29 is 13.2 Å². The van der Waals surface area contributed by atoms with Gasteiger partial charge in [0.25, 0.3) is 5.91 Å². The predicted octanol–water partition coefficient (Wildman–Crippen LogP) is 1.83. The van der Waals surface area contributed by atoms with Crippen LogP contribution in [0.4, 0.5) is 11.4 Å². The van der Waals surface area contributed by atoms with Gasteiger partial charge in [-0.05, 0) is 30.7 Å². The predicted molar refractivity (Wildman–Crippen MR) is 98.8 cm³/mol. The maximum absolute atomic E-state index is 12.3. The van der Waals surface area contributed by atoms with E-state index in [1.54, 1.807) is 42.6 Å². The molecule has 134 valence electrons. The normalized spacial score (nSPS) is 18.1. The number of para-hydroxylation sites is 1. The van der Waals surface area contributed by atoms with Crippen molar-refractivity contribution in [3.05, 3.63) is 53.9 Å². The van der Waals surface area contributed by atoms with Crippen molar-refractivity contribution in [1.29, 1.82) is 5.26 Å². The number of anilines is 2. The second-order valence-electron chi connectivity index (χ2n) is 6.18. The van der Waals surface area contributed by atoms with E-state index < -0.39 is 15.7 Å². The quantitative estimate of drug-likeness (QED) is 0.881. The van der Waals surface area contributed by atoms with Gasteiger partial charge in [0.1, 0.15) is 11.8 Å². The fourth-order valence-electron chi connectivity index (χ4n) is 2.90. The van der Waals surface area contributed by atoms with E-state index in [-0.39, 0.29) is 23.2 Å². The summed E-state index contributed by atoms with van der Waals surface area (Å²) >= 11 is 0. The van der Waals surface area contributed by atoms with Crippen molar-refractivity contribution in [3.8, 4) is 6.07 Å². The van der Waals surface area contributed by atoms with Gasteiger partial charge in [0.05, 0.1) is 34.6 Å². The average molecular weight is 370 g/mol. The molecule has 26 heavy (non-hydrogen) atoms. The number of aromatic nitrogens is 1. The standard InChI is InChI=1S/C18H18N4O3S/c1-22(15-8-9-26(24,25)12-15)14-6-7-17(20-11-14)18(23)21-16-5-3-2-4-13(16)10-19/h2-7,11,15H,8-9,12H2,1H3,(H,21,23). The van der Waals surface area contributed by atoms with Crippen LogP contribution in [0.3, 0.4) is 0 Å². The van der Waals surface area contributed by atoms with Crippen molar-refractivity contribution in [2.24, 2.45) is 0 Å². The highest BCUT2D eigenvalue weighted by molar-refractivity contribution is 7.91. The van der Waals surface area contributed by atoms with Crippen LogP contribution < -0.4 is 10.2 Å². The number of hydrogen-bond donors (Lipinski definition) is 1. The van der Waals surface area contributed by atoms with Crippen molar-refractivity contribution in [2.75, 3.05) is 28.8 Å². The summed E-state index contributed by atoms with van der Waals surface area (Å²) in [5, 5.41) is 11.8. The highest BCUT2D eigenvalue weighted by Crippen LogP contribution is 2.22. The summed E-state index contributed by atoms with van der Waals surface area (Å²) in [7, 11) is -1.14. The van der Waals surface area contributed by atoms with Crippen molar-refractivity contribution in [3.63, 3.8) is 0 Å². The number of sulfone groups is 1. The second-order valence-corrected chi connectivity index (χ2v) is 8.41. The SMILES string of the molecule is CN(c1ccc(C(=O)Nc2ccccc2C#N)nc1)C1CCS(=O)(=O)C1. The number of nitriles is 1. The molecule has 1 aromatic carbocycles. The summed E-state index contributed by atoms with van der Waals surface area (Å²) < 4.78 is 23.3. The van der Waals surface area contributed by atoms with E-state index in [0.29, 0.717) is 17.7 Å². The molecule has 0 radical (unpaired) electrons. The average Bonchev–Trinajstić information content (AvgIpc) is 3.01. The van der Waals surface area contributed by atoms with Crippen LogP contribution in [0.1, 0.15) is 22.5 Å². The van der Waals surface area contributed by atoms with Gasteiger partial charge in [-0.1, -0.05) is 12.1 Å². The lowest BCUT2D eigenvalue weighted by molar-refractivity contribution is 0.102. The summed E-state index contributed by atoms with van der Waals surface area (Å²) in [6.07, 6.45) is 2.14. The molecule has 8 heteroatoms. The van der Waals surface area contributed by atoms with Crippen LogP contribution in [-0.4, -0.2) is 43.9 Å². The van der Waals surface area contributed by atoms with Crippen LogP contribution in [0.2, 0.25) is 0 Å². The monoisotopic (exact) mass is 370 g/mol. The van der Waals surface area contributed by atoms with Gasteiger partial charge >= 0.3 is 0 Å². The Balaban J connectivity index is 1.71. The molecule has 1 amide bonds. The lowest BCUT2D eigenvalue weighted by atomic mass is 10.2. The molecule has 1 atom stereocenters. The van der Waals surface area contributed by atoms with E-state index in [1.807, 2.05) is 18.0 Å². The van der Waals surface area contributed by atoms with Gasteiger partial charge in [0, 0.05) is 13.1 Å². The Morgan fingerprint density at radius 1 is 1.31 bits per heavy atom. The van der Waals surface area contributed by atoms with Gasteiger partial charge in [0.2, 0.25) is 0 Å². The zero-order valence-corrected chi connectivity index (χ0v) is 15.0. The molecule has 1 aromatic heterocycles. The molecule has 7 nitrogen and oxygen atoms in total. The van der Waals surface area contributed by atoms with E-state index in [1.165, 1.54) is 0 Å². The molecule has 0 spiro atoms. The minimum Gasteiger partial charge on any atom is -0.369 e. The van der Waals surface area contributed by atoms with E-state index in [9.17, 15) is 13.2 Å². The fraction of sp³-hybridized carbons (Fsp3) is 0.278. The third kappa shape index (κ3) is 3.83. The number of nitrogens with one attached hydrogen (secondary N) is 1. The smallest absolute Gasteiger partial charge is 0.274 e. The number of pyridine rings is 1. The lowest BCUT2D eigenvalue weighted by Crippen LogP contribution is -2.32. The highest BCUT2D eigenvalue weighted by Gasteiger charge is 2.30. The van der Waals surface area contributed by atoms with Crippen LogP contribution in [0.15, 0.2) is 42.6 Å². The molecule has 1 aliphatic rings. The summed E-state index contributed by atoms with van der Waals surface area (Å²) in [4.78, 5) is 18.4. The maximum Gasteiger partial charge on any atom is 0.274 e. The minimum absolute atomic E-state index is 0.0796. The van der Waals surface area contributed by atoms with Gasteiger partial charge < -0.3 is 10.2 Å². The number of carbonyl (C=O) groups is 1. The third-order valence-corrected chi connectivity index (χ3v) is 6.19. The molecule has 0 bridgehead atoms. The molecule has 0 aliphatic carbocycles. The molecule has 2 heterocycles. The van der Waals surface area contributed by atoms with Crippen molar-refractivity contribution >= 4 is 27.1 Å². The summed E-state index contributed by atoms with van der Waals surface area (Å²) in [6, 6.07) is 12.0.